The van der Waals surface area contributed by atoms with E-state index in [1.165, 1.54) is 6.92 Å². The molecule has 0 radical (unpaired) electrons. The molecule has 23 heavy (non-hydrogen) atoms. The lowest BCUT2D eigenvalue weighted by molar-refractivity contribution is -0.139. The number of ether oxygens (including phenoxy) is 1. The van der Waals surface area contributed by atoms with Gasteiger partial charge in [0.15, 0.2) is 0 Å². The van der Waals surface area contributed by atoms with E-state index in [4.69, 9.17) is 4.74 Å². The van der Waals surface area contributed by atoms with E-state index < -0.39 is 0 Å². The molecule has 0 aromatic heterocycles. The van der Waals surface area contributed by atoms with Gasteiger partial charge < -0.3 is 19.4 Å². The van der Waals surface area contributed by atoms with Crippen LogP contribution in [0.2, 0.25) is 0 Å². The second kappa shape index (κ2) is 8.29. The van der Waals surface area contributed by atoms with E-state index in [0.717, 1.165) is 19.4 Å². The van der Waals surface area contributed by atoms with Crippen LogP contribution < -0.4 is 0 Å². The average Bonchev–Trinajstić information content (AvgIpc) is 3.04. The standard InChI is InChI=1S/C16H27N3O4/c1-13(20)17-7-9-18(10-8-17)16(22)5-6-19(14(2)21)12-15-4-3-11-23-15/h15H,3-12H2,1-2H3. The molecule has 2 rings (SSSR count). The van der Waals surface area contributed by atoms with Crippen LogP contribution in [0.25, 0.3) is 0 Å². The third-order valence-electron chi connectivity index (χ3n) is 4.57. The maximum absolute atomic E-state index is 12.3. The quantitative estimate of drug-likeness (QED) is 0.718. The molecule has 2 fully saturated rings. The first kappa shape index (κ1) is 17.7. The minimum absolute atomic E-state index is 0.0188. The summed E-state index contributed by atoms with van der Waals surface area (Å²) in [4.78, 5) is 40.6. The van der Waals surface area contributed by atoms with E-state index in [1.54, 1.807) is 21.6 Å². The van der Waals surface area contributed by atoms with Crippen molar-refractivity contribution in [2.75, 3.05) is 45.9 Å². The van der Waals surface area contributed by atoms with Crippen molar-refractivity contribution in [3.63, 3.8) is 0 Å². The molecule has 0 saturated carbocycles. The molecule has 2 saturated heterocycles. The molecule has 0 aliphatic carbocycles. The van der Waals surface area contributed by atoms with Gasteiger partial charge in [0, 0.05) is 66.1 Å². The topological polar surface area (TPSA) is 70.2 Å². The highest BCUT2D eigenvalue weighted by atomic mass is 16.5. The highest BCUT2D eigenvalue weighted by molar-refractivity contribution is 5.79. The maximum atomic E-state index is 12.3. The van der Waals surface area contributed by atoms with Gasteiger partial charge in [0.05, 0.1) is 6.10 Å². The van der Waals surface area contributed by atoms with Crippen LogP contribution >= 0.6 is 0 Å². The molecule has 0 spiro atoms. The Bertz CT molecular complexity index is 441. The normalized spacial score (nSPS) is 21.4. The number of carbonyl (C=O) groups is 3. The Labute approximate surface area is 137 Å². The van der Waals surface area contributed by atoms with E-state index in [2.05, 4.69) is 0 Å². The molecule has 2 heterocycles. The molecule has 0 aromatic rings. The van der Waals surface area contributed by atoms with Crippen molar-refractivity contribution < 1.29 is 19.1 Å². The molecule has 3 amide bonds. The van der Waals surface area contributed by atoms with Crippen molar-refractivity contribution in [1.29, 1.82) is 0 Å². The molecular formula is C16H27N3O4. The van der Waals surface area contributed by atoms with Crippen molar-refractivity contribution in [3.05, 3.63) is 0 Å². The van der Waals surface area contributed by atoms with Gasteiger partial charge >= 0.3 is 0 Å². The van der Waals surface area contributed by atoms with Crippen LogP contribution in [0.5, 0.6) is 0 Å². The monoisotopic (exact) mass is 325 g/mol. The highest BCUT2D eigenvalue weighted by Gasteiger charge is 2.24. The fourth-order valence-corrected chi connectivity index (χ4v) is 3.07. The number of rotatable bonds is 5. The van der Waals surface area contributed by atoms with Gasteiger partial charge in [-0.2, -0.15) is 0 Å². The van der Waals surface area contributed by atoms with E-state index in [9.17, 15) is 14.4 Å². The molecule has 0 aromatic carbocycles. The number of nitrogens with zero attached hydrogens (tertiary/aromatic N) is 3. The predicted octanol–water partition coefficient (Wildman–Crippen LogP) is 0.0947. The molecule has 0 N–H and O–H groups in total. The lowest BCUT2D eigenvalue weighted by Gasteiger charge is -2.34. The highest BCUT2D eigenvalue weighted by Crippen LogP contribution is 2.14. The Kier molecular flexibility index (Phi) is 6.38. The van der Waals surface area contributed by atoms with E-state index >= 15 is 0 Å². The summed E-state index contributed by atoms with van der Waals surface area (Å²) >= 11 is 0. The number of piperazine rings is 1. The predicted molar refractivity (Wildman–Crippen MR) is 84.7 cm³/mol. The van der Waals surface area contributed by atoms with Crippen LogP contribution in [-0.4, -0.2) is 84.4 Å². The first-order valence-electron chi connectivity index (χ1n) is 8.37. The lowest BCUT2D eigenvalue weighted by Crippen LogP contribution is -2.50. The SMILES string of the molecule is CC(=O)N1CCN(C(=O)CCN(CC2CCCO2)C(C)=O)CC1. The van der Waals surface area contributed by atoms with Gasteiger partial charge in [-0.25, -0.2) is 0 Å². The first-order chi connectivity index (χ1) is 11.0. The second-order valence-corrected chi connectivity index (χ2v) is 6.24. The molecule has 2 aliphatic rings. The Hall–Kier alpha value is -1.63. The summed E-state index contributed by atoms with van der Waals surface area (Å²) < 4.78 is 5.56. The zero-order valence-corrected chi connectivity index (χ0v) is 14.1. The van der Waals surface area contributed by atoms with E-state index in [1.807, 2.05) is 0 Å². The van der Waals surface area contributed by atoms with Crippen LogP contribution in [0.4, 0.5) is 0 Å². The van der Waals surface area contributed by atoms with Crippen LogP contribution in [0.1, 0.15) is 33.1 Å². The maximum Gasteiger partial charge on any atom is 0.224 e. The van der Waals surface area contributed by atoms with E-state index in [0.29, 0.717) is 45.7 Å². The van der Waals surface area contributed by atoms with Crippen LogP contribution in [-0.2, 0) is 19.1 Å². The fraction of sp³-hybridized carbons (Fsp3) is 0.812. The first-order valence-corrected chi connectivity index (χ1v) is 8.37. The molecule has 130 valence electrons. The van der Waals surface area contributed by atoms with Gasteiger partial charge in [-0.3, -0.25) is 14.4 Å². The van der Waals surface area contributed by atoms with Crippen LogP contribution in [0.15, 0.2) is 0 Å². The number of amides is 3. The average molecular weight is 325 g/mol. The molecule has 1 atom stereocenters. The van der Waals surface area contributed by atoms with Crippen molar-refractivity contribution in [2.24, 2.45) is 0 Å². The Morgan fingerprint density at radius 1 is 1.09 bits per heavy atom. The van der Waals surface area contributed by atoms with E-state index in [-0.39, 0.29) is 23.8 Å². The molecular weight excluding hydrogens is 298 g/mol. The van der Waals surface area contributed by atoms with Gasteiger partial charge in [-0.1, -0.05) is 0 Å². The van der Waals surface area contributed by atoms with Crippen molar-refractivity contribution >= 4 is 17.7 Å². The summed E-state index contributed by atoms with van der Waals surface area (Å²) in [6, 6.07) is 0. The summed E-state index contributed by atoms with van der Waals surface area (Å²) in [5.74, 6) is 0.0814. The summed E-state index contributed by atoms with van der Waals surface area (Å²) in [5.41, 5.74) is 0. The minimum atomic E-state index is -0.0188. The number of hydrogen-bond donors (Lipinski definition) is 0. The Morgan fingerprint density at radius 3 is 2.26 bits per heavy atom. The third kappa shape index (κ3) is 5.20. The number of hydrogen-bond acceptors (Lipinski definition) is 4. The van der Waals surface area contributed by atoms with Gasteiger partial charge in [0.2, 0.25) is 17.7 Å². The van der Waals surface area contributed by atoms with Crippen LogP contribution in [0.3, 0.4) is 0 Å². The zero-order valence-electron chi connectivity index (χ0n) is 14.1. The summed E-state index contributed by atoms with van der Waals surface area (Å²) in [6.45, 7) is 7.17. The summed E-state index contributed by atoms with van der Waals surface area (Å²) in [7, 11) is 0. The van der Waals surface area contributed by atoms with Crippen molar-refractivity contribution in [2.45, 2.75) is 39.2 Å². The van der Waals surface area contributed by atoms with Crippen LogP contribution in [0, 0.1) is 0 Å². The molecule has 0 bridgehead atoms. The smallest absolute Gasteiger partial charge is 0.224 e. The number of carbonyl (C=O) groups excluding carboxylic acids is 3. The zero-order chi connectivity index (χ0) is 16.8. The summed E-state index contributed by atoms with van der Waals surface area (Å²) in [5, 5.41) is 0. The molecule has 2 aliphatic heterocycles. The largest absolute Gasteiger partial charge is 0.376 e. The molecule has 1 unspecified atom stereocenters. The van der Waals surface area contributed by atoms with Crippen molar-refractivity contribution in [3.8, 4) is 0 Å². The van der Waals surface area contributed by atoms with Gasteiger partial charge in [0.25, 0.3) is 0 Å². The van der Waals surface area contributed by atoms with Gasteiger partial charge in [0.1, 0.15) is 0 Å². The summed E-state index contributed by atoms with van der Waals surface area (Å²) in [6.07, 6.45) is 2.44. The fourth-order valence-electron chi connectivity index (χ4n) is 3.07. The van der Waals surface area contributed by atoms with Gasteiger partial charge in [-0.05, 0) is 12.8 Å². The molecule has 7 nitrogen and oxygen atoms in total. The second-order valence-electron chi connectivity index (χ2n) is 6.24. The van der Waals surface area contributed by atoms with Gasteiger partial charge in [-0.15, -0.1) is 0 Å². The Balaban J connectivity index is 1.75. The minimum Gasteiger partial charge on any atom is -0.376 e. The lowest BCUT2D eigenvalue weighted by atomic mass is 10.2. The van der Waals surface area contributed by atoms with Crippen molar-refractivity contribution in [1.82, 2.24) is 14.7 Å². The third-order valence-corrected chi connectivity index (χ3v) is 4.57. The Morgan fingerprint density at radius 2 is 1.74 bits per heavy atom. The molecule has 7 heteroatoms.